The van der Waals surface area contributed by atoms with Crippen molar-refractivity contribution in [3.05, 3.63) is 47.0 Å². The smallest absolute Gasteiger partial charge is 0.317 e. The lowest BCUT2D eigenvalue weighted by molar-refractivity contribution is 0.111. The second-order valence-electron chi connectivity index (χ2n) is 8.12. The monoisotopic (exact) mass is 419 g/mol. The highest BCUT2D eigenvalue weighted by atomic mass is 16.5. The molecular formula is C24H29N5O2. The van der Waals surface area contributed by atoms with Crippen LogP contribution in [0.2, 0.25) is 0 Å². The summed E-state index contributed by atoms with van der Waals surface area (Å²) in [5.41, 5.74) is 4.63. The molecule has 2 amide bonds. The molecule has 1 aromatic carbocycles. The number of benzene rings is 1. The van der Waals surface area contributed by atoms with Gasteiger partial charge in [-0.05, 0) is 25.3 Å². The Kier molecular flexibility index (Phi) is 6.38. The topological polar surface area (TPSA) is 81.5 Å². The molecule has 2 aliphatic rings. The molecule has 1 saturated heterocycles. The molecule has 7 heteroatoms. The number of piperazine rings is 1. The van der Waals surface area contributed by atoms with Gasteiger partial charge in [-0.3, -0.25) is 0 Å². The molecule has 0 aliphatic carbocycles. The van der Waals surface area contributed by atoms with Gasteiger partial charge in [0.15, 0.2) is 0 Å². The van der Waals surface area contributed by atoms with Crippen molar-refractivity contribution in [2.45, 2.75) is 39.3 Å². The summed E-state index contributed by atoms with van der Waals surface area (Å²) in [5, 5.41) is 13.0. The van der Waals surface area contributed by atoms with E-state index in [-0.39, 0.29) is 12.1 Å². The van der Waals surface area contributed by atoms with Crippen molar-refractivity contribution in [3.8, 4) is 17.3 Å². The minimum Gasteiger partial charge on any atom is -0.376 e. The summed E-state index contributed by atoms with van der Waals surface area (Å²) in [5.74, 6) is 0.725. The van der Waals surface area contributed by atoms with Gasteiger partial charge in [0.05, 0.1) is 24.5 Å². The van der Waals surface area contributed by atoms with Gasteiger partial charge >= 0.3 is 6.03 Å². The van der Waals surface area contributed by atoms with Gasteiger partial charge in [0.1, 0.15) is 11.9 Å². The van der Waals surface area contributed by atoms with E-state index in [0.29, 0.717) is 51.4 Å². The number of amides is 2. The number of hydrogen-bond donors (Lipinski definition) is 1. The summed E-state index contributed by atoms with van der Waals surface area (Å²) < 4.78 is 5.72. The van der Waals surface area contributed by atoms with Crippen molar-refractivity contribution in [2.75, 3.05) is 37.7 Å². The highest BCUT2D eigenvalue weighted by Crippen LogP contribution is 2.35. The zero-order valence-electron chi connectivity index (χ0n) is 18.2. The van der Waals surface area contributed by atoms with Crippen molar-refractivity contribution in [1.82, 2.24) is 15.2 Å². The average Bonchev–Trinajstić information content (AvgIpc) is 2.81. The highest BCUT2D eigenvalue weighted by Gasteiger charge is 2.31. The van der Waals surface area contributed by atoms with E-state index in [1.54, 1.807) is 0 Å². The summed E-state index contributed by atoms with van der Waals surface area (Å²) in [6, 6.07) is 12.5. The maximum Gasteiger partial charge on any atom is 0.317 e. The van der Waals surface area contributed by atoms with Crippen LogP contribution in [0.4, 0.5) is 10.6 Å². The molecule has 4 rings (SSSR count). The highest BCUT2D eigenvalue weighted by molar-refractivity contribution is 5.76. The molecule has 1 fully saturated rings. The van der Waals surface area contributed by atoms with Gasteiger partial charge in [-0.2, -0.15) is 5.26 Å². The number of ether oxygens (including phenoxy) is 1. The van der Waals surface area contributed by atoms with Crippen LogP contribution in [0.3, 0.4) is 0 Å². The molecule has 7 nitrogen and oxygen atoms in total. The number of aromatic nitrogens is 1. The van der Waals surface area contributed by atoms with E-state index >= 15 is 0 Å². The van der Waals surface area contributed by atoms with Crippen molar-refractivity contribution in [3.63, 3.8) is 0 Å². The van der Waals surface area contributed by atoms with Crippen molar-refractivity contribution in [1.29, 1.82) is 5.26 Å². The quantitative estimate of drug-likeness (QED) is 0.822. The van der Waals surface area contributed by atoms with E-state index in [9.17, 15) is 10.1 Å². The van der Waals surface area contributed by atoms with Gasteiger partial charge in [-0.25, -0.2) is 9.78 Å². The minimum atomic E-state index is -0.0185. The third-order valence-corrected chi connectivity index (χ3v) is 6.01. The van der Waals surface area contributed by atoms with Gasteiger partial charge < -0.3 is 19.9 Å². The Hall–Kier alpha value is -3.11. The number of hydrogen-bond acceptors (Lipinski definition) is 5. The lowest BCUT2D eigenvalue weighted by Gasteiger charge is -2.41. The van der Waals surface area contributed by atoms with Crippen LogP contribution in [0.1, 0.15) is 37.0 Å². The van der Waals surface area contributed by atoms with Crippen LogP contribution in [0.5, 0.6) is 0 Å². The Balaban J connectivity index is 1.69. The molecule has 0 radical (unpaired) electrons. The molecule has 0 saturated carbocycles. The standard InChI is InChI=1S/C24H29N5O2/c1-3-10-26-24(30)29-12-11-28(15-17(29)2)23-20(14-25)19-9-13-31-16-21(19)22(27-23)18-7-5-4-6-8-18/h4-8,17H,3,9-13,15-16H2,1-2H3,(H,26,30)/t17-/m1/s1. The van der Waals surface area contributed by atoms with E-state index < -0.39 is 0 Å². The number of nitrogens with zero attached hydrogens (tertiary/aromatic N) is 4. The third-order valence-electron chi connectivity index (χ3n) is 6.01. The largest absolute Gasteiger partial charge is 0.376 e. The average molecular weight is 420 g/mol. The molecule has 1 atom stereocenters. The first-order chi connectivity index (χ1) is 15.1. The second-order valence-corrected chi connectivity index (χ2v) is 8.12. The Bertz CT molecular complexity index is 986. The predicted molar refractivity (Wildman–Crippen MR) is 120 cm³/mol. The van der Waals surface area contributed by atoms with E-state index in [1.165, 1.54) is 0 Å². The molecular weight excluding hydrogens is 390 g/mol. The number of anilines is 1. The fourth-order valence-electron chi connectivity index (χ4n) is 4.40. The minimum absolute atomic E-state index is 0.0185. The number of carbonyl (C=O) groups is 1. The molecule has 0 unspecified atom stereocenters. The van der Waals surface area contributed by atoms with E-state index in [2.05, 4.69) is 16.3 Å². The van der Waals surface area contributed by atoms with Crippen LogP contribution >= 0.6 is 0 Å². The number of nitrogens with one attached hydrogen (secondary N) is 1. The molecule has 0 spiro atoms. The summed E-state index contributed by atoms with van der Waals surface area (Å²) in [6.45, 7) is 7.75. The van der Waals surface area contributed by atoms with Crippen molar-refractivity contribution < 1.29 is 9.53 Å². The SMILES string of the molecule is CCCNC(=O)N1CCN(c2nc(-c3ccccc3)c3c(c2C#N)CCOC3)C[C@H]1C. The Labute approximate surface area is 183 Å². The first-order valence-corrected chi connectivity index (χ1v) is 11.0. The van der Waals surface area contributed by atoms with Gasteiger partial charge in [-0.1, -0.05) is 37.3 Å². The number of rotatable bonds is 4. The molecule has 2 aromatic rings. The van der Waals surface area contributed by atoms with Crippen LogP contribution in [-0.4, -0.2) is 54.7 Å². The third kappa shape index (κ3) is 4.21. The van der Waals surface area contributed by atoms with Gasteiger partial charge in [-0.15, -0.1) is 0 Å². The van der Waals surface area contributed by atoms with E-state index in [1.807, 2.05) is 49.1 Å². The molecule has 1 aromatic heterocycles. The van der Waals surface area contributed by atoms with Crippen molar-refractivity contribution >= 4 is 11.8 Å². The molecule has 2 aliphatic heterocycles. The van der Waals surface area contributed by atoms with Gasteiger partial charge in [0.25, 0.3) is 0 Å². The zero-order chi connectivity index (χ0) is 21.8. The molecule has 162 valence electrons. The summed E-state index contributed by atoms with van der Waals surface area (Å²) >= 11 is 0. The molecule has 0 bridgehead atoms. The molecule has 3 heterocycles. The maximum atomic E-state index is 12.5. The number of nitriles is 1. The second kappa shape index (κ2) is 9.36. The van der Waals surface area contributed by atoms with E-state index in [4.69, 9.17) is 9.72 Å². The van der Waals surface area contributed by atoms with Crippen molar-refractivity contribution in [2.24, 2.45) is 0 Å². The van der Waals surface area contributed by atoms with Crippen LogP contribution in [0, 0.1) is 11.3 Å². The summed E-state index contributed by atoms with van der Waals surface area (Å²) in [6.07, 6.45) is 1.62. The number of fused-ring (bicyclic) bond motifs is 1. The first kappa shape index (κ1) is 21.1. The van der Waals surface area contributed by atoms with Crippen LogP contribution in [0.15, 0.2) is 30.3 Å². The van der Waals surface area contributed by atoms with Gasteiger partial charge in [0.2, 0.25) is 0 Å². The van der Waals surface area contributed by atoms with Crippen LogP contribution in [0.25, 0.3) is 11.3 Å². The fraction of sp³-hybridized carbons (Fsp3) is 0.458. The Morgan fingerprint density at radius 3 is 2.81 bits per heavy atom. The van der Waals surface area contributed by atoms with Crippen LogP contribution < -0.4 is 10.2 Å². The zero-order valence-corrected chi connectivity index (χ0v) is 18.2. The summed E-state index contributed by atoms with van der Waals surface area (Å²) in [7, 11) is 0. The van der Waals surface area contributed by atoms with Crippen LogP contribution in [-0.2, 0) is 17.8 Å². The predicted octanol–water partition coefficient (Wildman–Crippen LogP) is 3.32. The molecule has 1 N–H and O–H groups in total. The maximum absolute atomic E-state index is 12.5. The lowest BCUT2D eigenvalue weighted by atomic mass is 9.93. The number of urea groups is 1. The summed E-state index contributed by atoms with van der Waals surface area (Å²) in [4.78, 5) is 21.5. The molecule has 31 heavy (non-hydrogen) atoms. The van der Waals surface area contributed by atoms with Gasteiger partial charge in [0, 0.05) is 43.3 Å². The Morgan fingerprint density at radius 1 is 1.29 bits per heavy atom. The number of carbonyl (C=O) groups excluding carboxylic acids is 1. The van der Waals surface area contributed by atoms with E-state index in [0.717, 1.165) is 34.6 Å². The normalized spacial score (nSPS) is 18.3. The first-order valence-electron chi connectivity index (χ1n) is 11.0. The fourth-order valence-corrected chi connectivity index (χ4v) is 4.40. The number of pyridine rings is 1. The Morgan fingerprint density at radius 2 is 2.10 bits per heavy atom. The lowest BCUT2D eigenvalue weighted by Crippen LogP contribution is -2.57.